The van der Waals surface area contributed by atoms with E-state index in [0.29, 0.717) is 11.8 Å². The van der Waals surface area contributed by atoms with Crippen LogP contribution in [0.5, 0.6) is 0 Å². The number of allylic oxidation sites excluding steroid dienone is 2. The maximum Gasteiger partial charge on any atom is 0.161 e. The molecule has 0 saturated heterocycles. The molecular weight excluding hydrogens is 288 g/mol. The molecular formula is C20H30O3. The van der Waals surface area contributed by atoms with Crippen LogP contribution >= 0.6 is 0 Å². The molecule has 0 aromatic rings. The van der Waals surface area contributed by atoms with Crippen molar-refractivity contribution in [3.8, 4) is 0 Å². The standard InChI is InChI=1S/C20H30O3/c1-17(2)14-6-9-19-10-13(20(23,11-19)12-21)4-5-15(19)18(14,3)8-7-16(17)22/h7-8,13-15,21,23H,4-6,9-12H2,1-3H3/t13-,14-,15-,18-,19+,20-/m1/s1. The molecule has 0 aromatic heterocycles. The Bertz CT molecular complexity index is 579. The second kappa shape index (κ2) is 4.49. The zero-order chi connectivity index (χ0) is 16.7. The highest BCUT2D eigenvalue weighted by molar-refractivity contribution is 5.95. The molecule has 4 rings (SSSR count). The van der Waals surface area contributed by atoms with Crippen LogP contribution in [0.3, 0.4) is 0 Å². The SMILES string of the molecule is CC1(C)C(=O)C=C[C@]2(C)[C@@H]1CC[C@@]13C[C@@H](CC[C@@H]12)[C@](O)(CO)C3. The largest absolute Gasteiger partial charge is 0.393 e. The minimum Gasteiger partial charge on any atom is -0.393 e. The Morgan fingerprint density at radius 1 is 1.17 bits per heavy atom. The number of rotatable bonds is 1. The average molecular weight is 318 g/mol. The van der Waals surface area contributed by atoms with Crippen molar-refractivity contribution in [1.29, 1.82) is 0 Å². The lowest BCUT2D eigenvalue weighted by Gasteiger charge is -2.61. The third-order valence-electron chi connectivity index (χ3n) is 8.42. The van der Waals surface area contributed by atoms with E-state index in [9.17, 15) is 15.0 Å². The minimum atomic E-state index is -0.873. The van der Waals surface area contributed by atoms with Gasteiger partial charge in [-0.3, -0.25) is 4.79 Å². The Hall–Kier alpha value is -0.670. The predicted molar refractivity (Wildman–Crippen MR) is 88.7 cm³/mol. The van der Waals surface area contributed by atoms with Crippen molar-refractivity contribution >= 4 is 5.78 Å². The predicted octanol–water partition coefficient (Wildman–Crippen LogP) is 3.10. The fourth-order valence-electron chi connectivity index (χ4n) is 7.34. The minimum absolute atomic E-state index is 0.0430. The van der Waals surface area contributed by atoms with Crippen molar-refractivity contribution in [3.63, 3.8) is 0 Å². The molecule has 3 nitrogen and oxygen atoms in total. The van der Waals surface area contributed by atoms with Gasteiger partial charge in [0.2, 0.25) is 0 Å². The molecule has 0 heterocycles. The molecule has 3 fully saturated rings. The van der Waals surface area contributed by atoms with Gasteiger partial charge in [-0.15, -0.1) is 0 Å². The highest BCUT2D eigenvalue weighted by atomic mass is 16.3. The molecule has 4 aliphatic rings. The van der Waals surface area contributed by atoms with Crippen LogP contribution in [0.4, 0.5) is 0 Å². The van der Waals surface area contributed by atoms with Crippen LogP contribution in [-0.2, 0) is 4.79 Å². The van der Waals surface area contributed by atoms with Crippen LogP contribution < -0.4 is 0 Å². The van der Waals surface area contributed by atoms with E-state index in [4.69, 9.17) is 0 Å². The summed E-state index contributed by atoms with van der Waals surface area (Å²) in [6.45, 7) is 6.48. The van der Waals surface area contributed by atoms with Gasteiger partial charge < -0.3 is 10.2 Å². The van der Waals surface area contributed by atoms with E-state index in [1.165, 1.54) is 0 Å². The summed E-state index contributed by atoms with van der Waals surface area (Å²) in [7, 11) is 0. The molecule has 0 unspecified atom stereocenters. The maximum atomic E-state index is 12.4. The maximum absolute atomic E-state index is 12.4. The highest BCUT2D eigenvalue weighted by Gasteiger charge is 2.67. The van der Waals surface area contributed by atoms with Crippen molar-refractivity contribution in [2.24, 2.45) is 34.0 Å². The molecule has 1 spiro atoms. The summed E-state index contributed by atoms with van der Waals surface area (Å²) in [6.07, 6.45) is 10.1. The van der Waals surface area contributed by atoms with Crippen molar-refractivity contribution in [3.05, 3.63) is 12.2 Å². The quantitative estimate of drug-likeness (QED) is 0.781. The van der Waals surface area contributed by atoms with Crippen molar-refractivity contribution < 1.29 is 15.0 Å². The van der Waals surface area contributed by atoms with Gasteiger partial charge in [-0.2, -0.15) is 0 Å². The summed E-state index contributed by atoms with van der Waals surface area (Å²) in [5.41, 5.74) is -0.955. The van der Waals surface area contributed by atoms with E-state index in [1.807, 2.05) is 6.08 Å². The van der Waals surface area contributed by atoms with Crippen molar-refractivity contribution in [1.82, 2.24) is 0 Å². The van der Waals surface area contributed by atoms with Gasteiger partial charge >= 0.3 is 0 Å². The monoisotopic (exact) mass is 318 g/mol. The lowest BCUT2D eigenvalue weighted by atomic mass is 9.42. The van der Waals surface area contributed by atoms with Gasteiger partial charge in [0.05, 0.1) is 12.2 Å². The number of hydrogen-bond donors (Lipinski definition) is 2. The normalized spacial score (nSPS) is 53.8. The molecule has 23 heavy (non-hydrogen) atoms. The molecule has 2 N–H and O–H groups in total. The Morgan fingerprint density at radius 3 is 2.61 bits per heavy atom. The molecule has 0 aromatic carbocycles. The number of hydrogen-bond acceptors (Lipinski definition) is 3. The summed E-state index contributed by atoms with van der Waals surface area (Å²) < 4.78 is 0. The Morgan fingerprint density at radius 2 is 1.91 bits per heavy atom. The molecule has 4 aliphatic carbocycles. The smallest absolute Gasteiger partial charge is 0.161 e. The van der Waals surface area contributed by atoms with Gasteiger partial charge in [0.1, 0.15) is 0 Å². The molecule has 3 heteroatoms. The first-order valence-corrected chi connectivity index (χ1v) is 9.25. The first-order chi connectivity index (χ1) is 10.7. The van der Waals surface area contributed by atoms with E-state index in [2.05, 4.69) is 26.8 Å². The van der Waals surface area contributed by atoms with Crippen LogP contribution in [0.2, 0.25) is 0 Å². The van der Waals surface area contributed by atoms with Crippen LogP contribution in [0.15, 0.2) is 12.2 Å². The van der Waals surface area contributed by atoms with Gasteiger partial charge in [-0.1, -0.05) is 26.8 Å². The number of aliphatic hydroxyl groups excluding tert-OH is 1. The van der Waals surface area contributed by atoms with Crippen molar-refractivity contribution in [2.75, 3.05) is 6.61 Å². The number of carbonyl (C=O) groups is 1. The molecule has 0 amide bonds. The second-order valence-electron chi connectivity index (χ2n) is 9.71. The summed E-state index contributed by atoms with van der Waals surface area (Å²) in [5, 5.41) is 20.7. The van der Waals surface area contributed by atoms with E-state index in [-0.39, 0.29) is 34.6 Å². The zero-order valence-electron chi connectivity index (χ0n) is 14.6. The first kappa shape index (κ1) is 15.8. The zero-order valence-corrected chi connectivity index (χ0v) is 14.6. The molecule has 2 bridgehead atoms. The number of ketones is 1. The topological polar surface area (TPSA) is 57.5 Å². The Balaban J connectivity index is 1.77. The van der Waals surface area contributed by atoms with Crippen LogP contribution in [0.25, 0.3) is 0 Å². The average Bonchev–Trinajstić information content (AvgIpc) is 2.70. The van der Waals surface area contributed by atoms with Gasteiger partial charge in [0.25, 0.3) is 0 Å². The molecule has 6 atom stereocenters. The third kappa shape index (κ3) is 1.81. The molecule has 0 aliphatic heterocycles. The Labute approximate surface area is 139 Å². The van der Waals surface area contributed by atoms with Crippen LogP contribution in [0.1, 0.15) is 59.3 Å². The van der Waals surface area contributed by atoms with E-state index in [0.717, 1.165) is 38.5 Å². The fourth-order valence-corrected chi connectivity index (χ4v) is 7.34. The summed E-state index contributed by atoms with van der Waals surface area (Å²) in [5.74, 6) is 1.44. The first-order valence-electron chi connectivity index (χ1n) is 9.25. The highest BCUT2D eigenvalue weighted by Crippen LogP contribution is 2.71. The molecule has 3 saturated carbocycles. The van der Waals surface area contributed by atoms with Gasteiger partial charge in [-0.05, 0) is 73.2 Å². The summed E-state index contributed by atoms with van der Waals surface area (Å²) in [4.78, 5) is 12.4. The lowest BCUT2D eigenvalue weighted by molar-refractivity contribution is -0.141. The van der Waals surface area contributed by atoms with Gasteiger partial charge in [0.15, 0.2) is 5.78 Å². The van der Waals surface area contributed by atoms with E-state index in [1.54, 1.807) is 0 Å². The van der Waals surface area contributed by atoms with Crippen molar-refractivity contribution in [2.45, 2.75) is 64.9 Å². The lowest BCUT2D eigenvalue weighted by Crippen LogP contribution is -2.56. The molecule has 0 radical (unpaired) electrons. The van der Waals surface area contributed by atoms with E-state index < -0.39 is 5.60 Å². The summed E-state index contributed by atoms with van der Waals surface area (Å²) >= 11 is 0. The number of aliphatic hydroxyl groups is 2. The van der Waals surface area contributed by atoms with Crippen LogP contribution in [0, 0.1) is 34.0 Å². The molecule has 128 valence electrons. The van der Waals surface area contributed by atoms with Gasteiger partial charge in [-0.25, -0.2) is 0 Å². The summed E-state index contributed by atoms with van der Waals surface area (Å²) in [6, 6.07) is 0. The number of fused-ring (bicyclic) bond motifs is 3. The van der Waals surface area contributed by atoms with Crippen LogP contribution in [-0.4, -0.2) is 28.2 Å². The fraction of sp³-hybridized carbons (Fsp3) is 0.850. The third-order valence-corrected chi connectivity index (χ3v) is 8.42. The Kier molecular flexibility index (Phi) is 3.09. The number of carbonyl (C=O) groups excluding carboxylic acids is 1. The second-order valence-corrected chi connectivity index (χ2v) is 9.71. The van der Waals surface area contributed by atoms with E-state index >= 15 is 0 Å². The van der Waals surface area contributed by atoms with Gasteiger partial charge in [0, 0.05) is 5.41 Å².